The van der Waals surface area contributed by atoms with E-state index in [-0.39, 0.29) is 5.91 Å². The summed E-state index contributed by atoms with van der Waals surface area (Å²) in [5, 5.41) is 15.0. The normalized spacial score (nSPS) is 22.5. The molecule has 0 unspecified atom stereocenters. The van der Waals surface area contributed by atoms with Crippen molar-refractivity contribution in [2.75, 3.05) is 33.7 Å². The number of carbonyl (C=O) groups is 1. The average Bonchev–Trinajstić information content (AvgIpc) is 3.06. The van der Waals surface area contributed by atoms with Crippen LogP contribution in [0.15, 0.2) is 12.3 Å². The van der Waals surface area contributed by atoms with Crippen molar-refractivity contribution < 1.29 is 9.90 Å². The van der Waals surface area contributed by atoms with Crippen LogP contribution in [0.5, 0.6) is 0 Å². The zero-order valence-corrected chi connectivity index (χ0v) is 15.9. The van der Waals surface area contributed by atoms with Gasteiger partial charge in [-0.15, -0.1) is 0 Å². The standard InChI is InChI=1S/C19H32N4O2/c1-4-23-16(5-12-20-23)17(24)22-13-10-18(11-14-22)6-8-19(25,9-7-18)15-21(2)3/h5,12,25H,4,6-11,13-15H2,1-3H3. The first-order valence-electron chi connectivity index (χ1n) is 9.55. The second-order valence-electron chi connectivity index (χ2n) is 8.29. The highest BCUT2D eigenvalue weighted by molar-refractivity contribution is 5.92. The van der Waals surface area contributed by atoms with Gasteiger partial charge in [-0.1, -0.05) is 0 Å². The molecule has 0 radical (unpaired) electrons. The van der Waals surface area contributed by atoms with Gasteiger partial charge >= 0.3 is 0 Å². The van der Waals surface area contributed by atoms with E-state index in [0.717, 1.165) is 64.7 Å². The molecular formula is C19H32N4O2. The van der Waals surface area contributed by atoms with Gasteiger partial charge in [0, 0.05) is 32.4 Å². The fourth-order valence-electron chi connectivity index (χ4n) is 4.60. The van der Waals surface area contributed by atoms with Crippen LogP contribution in [0.25, 0.3) is 0 Å². The van der Waals surface area contributed by atoms with Gasteiger partial charge in [-0.05, 0) is 71.0 Å². The maximum atomic E-state index is 12.8. The number of rotatable bonds is 4. The van der Waals surface area contributed by atoms with Gasteiger partial charge in [0.15, 0.2) is 0 Å². The summed E-state index contributed by atoms with van der Waals surface area (Å²) < 4.78 is 1.77. The predicted octanol–water partition coefficient (Wildman–Crippen LogP) is 1.99. The molecule has 6 heteroatoms. The molecule has 1 N–H and O–H groups in total. The molecule has 1 aliphatic carbocycles. The second-order valence-corrected chi connectivity index (χ2v) is 8.29. The number of carbonyl (C=O) groups excluding carboxylic acids is 1. The first kappa shape index (κ1) is 18.4. The molecule has 0 atom stereocenters. The Balaban J connectivity index is 1.57. The Morgan fingerprint density at radius 2 is 1.84 bits per heavy atom. The first-order chi connectivity index (χ1) is 11.9. The van der Waals surface area contributed by atoms with Gasteiger partial charge in [-0.2, -0.15) is 5.10 Å². The van der Waals surface area contributed by atoms with Crippen molar-refractivity contribution in [2.45, 2.75) is 57.6 Å². The largest absolute Gasteiger partial charge is 0.389 e. The number of aryl methyl sites for hydroxylation is 1. The Labute approximate surface area is 150 Å². The van der Waals surface area contributed by atoms with Crippen LogP contribution in [0.4, 0.5) is 0 Å². The lowest BCUT2D eigenvalue weighted by atomic mass is 9.64. The number of hydrogen-bond acceptors (Lipinski definition) is 4. The topological polar surface area (TPSA) is 61.6 Å². The number of aromatic nitrogens is 2. The minimum atomic E-state index is -0.532. The Bertz CT molecular complexity index is 592. The molecule has 25 heavy (non-hydrogen) atoms. The minimum absolute atomic E-state index is 0.106. The summed E-state index contributed by atoms with van der Waals surface area (Å²) in [5.41, 5.74) is 0.484. The molecule has 0 aromatic carbocycles. The maximum Gasteiger partial charge on any atom is 0.272 e. The number of likely N-dealkylation sites (tertiary alicyclic amines) is 1. The lowest BCUT2D eigenvalue weighted by Crippen LogP contribution is -2.50. The van der Waals surface area contributed by atoms with E-state index in [2.05, 4.69) is 10.00 Å². The lowest BCUT2D eigenvalue weighted by Gasteiger charge is -2.48. The van der Waals surface area contributed by atoms with Gasteiger partial charge in [0.05, 0.1) is 5.60 Å². The summed E-state index contributed by atoms with van der Waals surface area (Å²) in [6, 6.07) is 1.82. The Hall–Kier alpha value is -1.40. The van der Waals surface area contributed by atoms with Crippen molar-refractivity contribution in [1.29, 1.82) is 0 Å². The summed E-state index contributed by atoms with van der Waals surface area (Å²) in [4.78, 5) is 16.8. The van der Waals surface area contributed by atoms with Crippen LogP contribution in [-0.4, -0.2) is 69.9 Å². The maximum absolute atomic E-state index is 12.8. The minimum Gasteiger partial charge on any atom is -0.389 e. The molecule has 6 nitrogen and oxygen atoms in total. The number of piperidine rings is 1. The van der Waals surface area contributed by atoms with E-state index in [4.69, 9.17) is 0 Å². The van der Waals surface area contributed by atoms with Crippen molar-refractivity contribution in [1.82, 2.24) is 19.6 Å². The van der Waals surface area contributed by atoms with Crippen molar-refractivity contribution >= 4 is 5.91 Å². The highest BCUT2D eigenvalue weighted by Crippen LogP contribution is 2.47. The van der Waals surface area contributed by atoms with Gasteiger partial charge in [0.1, 0.15) is 5.69 Å². The molecule has 2 heterocycles. The molecule has 1 saturated heterocycles. The number of aliphatic hydroxyl groups is 1. The van der Waals surface area contributed by atoms with E-state index in [0.29, 0.717) is 11.1 Å². The average molecular weight is 348 g/mol. The molecule has 140 valence electrons. The number of likely N-dealkylation sites (N-methyl/N-ethyl adjacent to an activating group) is 1. The fraction of sp³-hybridized carbons (Fsp3) is 0.789. The van der Waals surface area contributed by atoms with Gasteiger partial charge in [-0.3, -0.25) is 9.48 Å². The molecular weight excluding hydrogens is 316 g/mol. The quantitative estimate of drug-likeness (QED) is 0.904. The van der Waals surface area contributed by atoms with Crippen LogP contribution in [0.1, 0.15) is 55.9 Å². The zero-order valence-electron chi connectivity index (χ0n) is 15.9. The van der Waals surface area contributed by atoms with Crippen LogP contribution in [0.2, 0.25) is 0 Å². The van der Waals surface area contributed by atoms with Crippen molar-refractivity contribution in [3.05, 3.63) is 18.0 Å². The number of hydrogen-bond donors (Lipinski definition) is 1. The van der Waals surface area contributed by atoms with E-state index >= 15 is 0 Å². The second kappa shape index (κ2) is 7.08. The molecule has 1 spiro atoms. The highest BCUT2D eigenvalue weighted by atomic mass is 16.3. The number of nitrogens with zero attached hydrogens (tertiary/aromatic N) is 4. The number of amides is 1. The van der Waals surface area contributed by atoms with E-state index in [1.54, 1.807) is 10.9 Å². The third-order valence-electron chi connectivity index (χ3n) is 6.20. The summed E-state index contributed by atoms with van der Waals surface area (Å²) in [6.45, 7) is 5.11. The van der Waals surface area contributed by atoms with Crippen LogP contribution in [0.3, 0.4) is 0 Å². The van der Waals surface area contributed by atoms with Crippen LogP contribution >= 0.6 is 0 Å². The Morgan fingerprint density at radius 1 is 1.20 bits per heavy atom. The molecule has 1 aromatic rings. The van der Waals surface area contributed by atoms with E-state index in [1.165, 1.54) is 0 Å². The Morgan fingerprint density at radius 3 is 2.40 bits per heavy atom. The molecule has 1 aliphatic heterocycles. The van der Waals surface area contributed by atoms with Gasteiger partial charge in [-0.25, -0.2) is 0 Å². The summed E-state index contributed by atoms with van der Waals surface area (Å²) >= 11 is 0. The van der Waals surface area contributed by atoms with Crippen LogP contribution < -0.4 is 0 Å². The summed E-state index contributed by atoms with van der Waals surface area (Å²) in [6.07, 6.45) is 7.71. The van der Waals surface area contributed by atoms with Crippen molar-refractivity contribution in [2.24, 2.45) is 5.41 Å². The van der Waals surface area contributed by atoms with Crippen molar-refractivity contribution in [3.8, 4) is 0 Å². The highest BCUT2D eigenvalue weighted by Gasteiger charge is 2.44. The monoisotopic (exact) mass is 348 g/mol. The van der Waals surface area contributed by atoms with Gasteiger partial charge < -0.3 is 14.9 Å². The fourth-order valence-corrected chi connectivity index (χ4v) is 4.60. The van der Waals surface area contributed by atoms with E-state index < -0.39 is 5.60 Å². The van der Waals surface area contributed by atoms with Gasteiger partial charge in [0.25, 0.3) is 5.91 Å². The molecule has 1 amide bonds. The zero-order chi connectivity index (χ0) is 18.1. The third-order valence-corrected chi connectivity index (χ3v) is 6.20. The van der Waals surface area contributed by atoms with Gasteiger partial charge in [0.2, 0.25) is 0 Å². The molecule has 3 rings (SSSR count). The predicted molar refractivity (Wildman–Crippen MR) is 97.4 cm³/mol. The third kappa shape index (κ3) is 3.90. The van der Waals surface area contributed by atoms with Crippen LogP contribution in [-0.2, 0) is 6.54 Å². The van der Waals surface area contributed by atoms with E-state index in [9.17, 15) is 9.90 Å². The molecule has 1 saturated carbocycles. The molecule has 2 aliphatic rings. The van der Waals surface area contributed by atoms with E-state index in [1.807, 2.05) is 32.0 Å². The summed E-state index contributed by atoms with van der Waals surface area (Å²) in [5.74, 6) is 0.106. The van der Waals surface area contributed by atoms with Crippen LogP contribution in [0, 0.1) is 5.41 Å². The first-order valence-corrected chi connectivity index (χ1v) is 9.55. The molecule has 2 fully saturated rings. The van der Waals surface area contributed by atoms with Crippen molar-refractivity contribution in [3.63, 3.8) is 0 Å². The molecule has 1 aromatic heterocycles. The molecule has 0 bridgehead atoms. The SMILES string of the molecule is CCn1nccc1C(=O)N1CCC2(CC1)CCC(O)(CN(C)C)CC2. The lowest BCUT2D eigenvalue weighted by molar-refractivity contribution is -0.0616. The summed E-state index contributed by atoms with van der Waals surface area (Å²) in [7, 11) is 4.04. The Kier molecular flexibility index (Phi) is 5.21. The smallest absolute Gasteiger partial charge is 0.272 e.